The standard InChI is InChI=1S/C12H17N/c1-2-10-5-3-4-6-12(10)11-7-8-13-9-11/h3-6,11,13H,2,7-9H2,1H3. The van der Waals surface area contributed by atoms with Gasteiger partial charge in [-0.05, 0) is 36.4 Å². The van der Waals surface area contributed by atoms with Gasteiger partial charge in [0.15, 0.2) is 0 Å². The molecule has 1 aliphatic rings. The Bertz CT molecular complexity index is 274. The molecule has 0 aliphatic carbocycles. The third-order valence-electron chi connectivity index (χ3n) is 2.94. The van der Waals surface area contributed by atoms with Crippen molar-refractivity contribution >= 4 is 0 Å². The Kier molecular flexibility index (Phi) is 2.65. The van der Waals surface area contributed by atoms with Crippen LogP contribution < -0.4 is 5.32 Å². The van der Waals surface area contributed by atoms with Gasteiger partial charge in [0.2, 0.25) is 0 Å². The third kappa shape index (κ3) is 1.75. The summed E-state index contributed by atoms with van der Waals surface area (Å²) < 4.78 is 0. The van der Waals surface area contributed by atoms with Crippen molar-refractivity contribution in [3.63, 3.8) is 0 Å². The van der Waals surface area contributed by atoms with Crippen molar-refractivity contribution in [1.29, 1.82) is 0 Å². The van der Waals surface area contributed by atoms with E-state index in [1.165, 1.54) is 18.5 Å². The molecule has 0 spiro atoms. The van der Waals surface area contributed by atoms with Crippen molar-refractivity contribution in [2.45, 2.75) is 25.7 Å². The van der Waals surface area contributed by atoms with E-state index < -0.39 is 0 Å². The number of nitrogens with one attached hydrogen (secondary N) is 1. The molecule has 1 aliphatic heterocycles. The Balaban J connectivity index is 2.26. The minimum atomic E-state index is 0.760. The van der Waals surface area contributed by atoms with E-state index in [0.29, 0.717) is 0 Å². The van der Waals surface area contributed by atoms with Gasteiger partial charge in [0.05, 0.1) is 0 Å². The molecule has 1 aromatic rings. The van der Waals surface area contributed by atoms with E-state index in [4.69, 9.17) is 0 Å². The van der Waals surface area contributed by atoms with E-state index in [1.54, 1.807) is 5.56 Å². The Labute approximate surface area is 80.2 Å². The molecule has 1 heterocycles. The molecule has 70 valence electrons. The van der Waals surface area contributed by atoms with Crippen LogP contribution in [0.3, 0.4) is 0 Å². The highest BCUT2D eigenvalue weighted by molar-refractivity contribution is 5.31. The molecule has 13 heavy (non-hydrogen) atoms. The normalized spacial score (nSPS) is 22.1. The van der Waals surface area contributed by atoms with Gasteiger partial charge in [0.25, 0.3) is 0 Å². The van der Waals surface area contributed by atoms with Crippen LogP contribution in [0.25, 0.3) is 0 Å². The first-order chi connectivity index (χ1) is 6.42. The lowest BCUT2D eigenvalue weighted by Gasteiger charge is -2.13. The molecule has 0 bridgehead atoms. The topological polar surface area (TPSA) is 12.0 Å². The van der Waals surface area contributed by atoms with E-state index >= 15 is 0 Å². The summed E-state index contributed by atoms with van der Waals surface area (Å²) in [5, 5.41) is 3.42. The number of hydrogen-bond acceptors (Lipinski definition) is 1. The predicted molar refractivity (Wildman–Crippen MR) is 56.0 cm³/mol. The summed E-state index contributed by atoms with van der Waals surface area (Å²) in [5.41, 5.74) is 3.09. The number of aryl methyl sites for hydroxylation is 1. The van der Waals surface area contributed by atoms with E-state index in [2.05, 4.69) is 36.5 Å². The molecule has 0 saturated carbocycles. The molecule has 1 aromatic carbocycles. The molecule has 0 radical (unpaired) electrons. The maximum absolute atomic E-state index is 3.42. The second-order valence-electron chi connectivity index (χ2n) is 3.74. The van der Waals surface area contributed by atoms with Crippen molar-refractivity contribution in [3.8, 4) is 0 Å². The van der Waals surface area contributed by atoms with Gasteiger partial charge in [-0.15, -0.1) is 0 Å². The fourth-order valence-corrected chi connectivity index (χ4v) is 2.17. The summed E-state index contributed by atoms with van der Waals surface area (Å²) in [7, 11) is 0. The summed E-state index contributed by atoms with van der Waals surface area (Å²) in [6.45, 7) is 4.58. The predicted octanol–water partition coefficient (Wildman–Crippen LogP) is 2.33. The van der Waals surface area contributed by atoms with Gasteiger partial charge in [-0.25, -0.2) is 0 Å². The SMILES string of the molecule is CCc1ccccc1C1CCNC1. The number of benzene rings is 1. The first kappa shape index (κ1) is 8.76. The van der Waals surface area contributed by atoms with Crippen LogP contribution in [0.15, 0.2) is 24.3 Å². The van der Waals surface area contributed by atoms with E-state index in [1.807, 2.05) is 0 Å². The zero-order valence-corrected chi connectivity index (χ0v) is 8.22. The monoisotopic (exact) mass is 175 g/mol. The molecule has 1 fully saturated rings. The minimum absolute atomic E-state index is 0.760. The van der Waals surface area contributed by atoms with Crippen molar-refractivity contribution in [1.82, 2.24) is 5.32 Å². The average Bonchev–Trinajstić information content (AvgIpc) is 2.70. The summed E-state index contributed by atoms with van der Waals surface area (Å²) in [6, 6.07) is 8.85. The molecule has 1 nitrogen and oxygen atoms in total. The zero-order chi connectivity index (χ0) is 9.10. The highest BCUT2D eigenvalue weighted by Crippen LogP contribution is 2.25. The van der Waals surface area contributed by atoms with Crippen LogP contribution in [0.2, 0.25) is 0 Å². The zero-order valence-electron chi connectivity index (χ0n) is 8.22. The molecule has 1 unspecified atom stereocenters. The summed E-state index contributed by atoms with van der Waals surface area (Å²) in [4.78, 5) is 0. The fraction of sp³-hybridized carbons (Fsp3) is 0.500. The Hall–Kier alpha value is -0.820. The van der Waals surface area contributed by atoms with Crippen LogP contribution in [-0.2, 0) is 6.42 Å². The van der Waals surface area contributed by atoms with E-state index in [0.717, 1.165) is 18.9 Å². The minimum Gasteiger partial charge on any atom is -0.316 e. The van der Waals surface area contributed by atoms with Gasteiger partial charge >= 0.3 is 0 Å². The lowest BCUT2D eigenvalue weighted by atomic mass is 9.92. The van der Waals surface area contributed by atoms with Crippen LogP contribution in [0.4, 0.5) is 0 Å². The van der Waals surface area contributed by atoms with Gasteiger partial charge in [0, 0.05) is 6.54 Å². The van der Waals surface area contributed by atoms with Crippen LogP contribution in [-0.4, -0.2) is 13.1 Å². The highest BCUT2D eigenvalue weighted by atomic mass is 14.9. The van der Waals surface area contributed by atoms with Crippen LogP contribution >= 0.6 is 0 Å². The Morgan fingerprint density at radius 1 is 1.38 bits per heavy atom. The Morgan fingerprint density at radius 3 is 2.92 bits per heavy atom. The molecule has 1 saturated heterocycles. The largest absolute Gasteiger partial charge is 0.316 e. The lowest BCUT2D eigenvalue weighted by molar-refractivity contribution is 0.751. The molecule has 1 N–H and O–H groups in total. The second kappa shape index (κ2) is 3.93. The van der Waals surface area contributed by atoms with Crippen LogP contribution in [0.1, 0.15) is 30.4 Å². The highest BCUT2D eigenvalue weighted by Gasteiger charge is 2.17. The summed E-state index contributed by atoms with van der Waals surface area (Å²) in [6.07, 6.45) is 2.46. The third-order valence-corrected chi connectivity index (χ3v) is 2.94. The smallest absolute Gasteiger partial charge is 0.00207 e. The van der Waals surface area contributed by atoms with E-state index in [-0.39, 0.29) is 0 Å². The van der Waals surface area contributed by atoms with Crippen molar-refractivity contribution in [3.05, 3.63) is 35.4 Å². The van der Waals surface area contributed by atoms with Gasteiger partial charge in [-0.2, -0.15) is 0 Å². The molecular formula is C12H17N. The molecule has 1 atom stereocenters. The number of hydrogen-bond donors (Lipinski definition) is 1. The first-order valence-electron chi connectivity index (χ1n) is 5.20. The van der Waals surface area contributed by atoms with Crippen molar-refractivity contribution in [2.75, 3.05) is 13.1 Å². The Morgan fingerprint density at radius 2 is 2.23 bits per heavy atom. The second-order valence-corrected chi connectivity index (χ2v) is 3.74. The lowest BCUT2D eigenvalue weighted by Crippen LogP contribution is -2.09. The van der Waals surface area contributed by atoms with Gasteiger partial charge in [-0.3, -0.25) is 0 Å². The summed E-state index contributed by atoms with van der Waals surface area (Å²) in [5.74, 6) is 0.760. The van der Waals surface area contributed by atoms with Crippen LogP contribution in [0, 0.1) is 0 Å². The quantitative estimate of drug-likeness (QED) is 0.727. The number of rotatable bonds is 2. The van der Waals surface area contributed by atoms with E-state index in [9.17, 15) is 0 Å². The van der Waals surface area contributed by atoms with Gasteiger partial charge in [-0.1, -0.05) is 31.2 Å². The average molecular weight is 175 g/mol. The van der Waals surface area contributed by atoms with Gasteiger partial charge in [0.1, 0.15) is 0 Å². The van der Waals surface area contributed by atoms with Gasteiger partial charge < -0.3 is 5.32 Å². The van der Waals surface area contributed by atoms with Crippen LogP contribution in [0.5, 0.6) is 0 Å². The van der Waals surface area contributed by atoms with Crippen molar-refractivity contribution < 1.29 is 0 Å². The molecular weight excluding hydrogens is 158 g/mol. The maximum atomic E-state index is 3.42. The molecule has 0 aromatic heterocycles. The fourth-order valence-electron chi connectivity index (χ4n) is 2.17. The molecule has 1 heteroatoms. The molecule has 0 amide bonds. The summed E-state index contributed by atoms with van der Waals surface area (Å²) >= 11 is 0. The van der Waals surface area contributed by atoms with Crippen molar-refractivity contribution in [2.24, 2.45) is 0 Å². The first-order valence-corrected chi connectivity index (χ1v) is 5.20. The maximum Gasteiger partial charge on any atom is 0.00207 e. The molecule has 2 rings (SSSR count).